The van der Waals surface area contributed by atoms with Gasteiger partial charge in [-0.05, 0) is 70.4 Å². The van der Waals surface area contributed by atoms with Crippen LogP contribution in [0.3, 0.4) is 0 Å². The zero-order valence-corrected chi connectivity index (χ0v) is 18.0. The van der Waals surface area contributed by atoms with Gasteiger partial charge in [-0.25, -0.2) is 0 Å². The fraction of sp³-hybridized carbons (Fsp3) is 0.417. The van der Waals surface area contributed by atoms with E-state index in [1.807, 2.05) is 0 Å². The van der Waals surface area contributed by atoms with Crippen LogP contribution in [0.2, 0.25) is 0 Å². The lowest BCUT2D eigenvalue weighted by atomic mass is 9.70. The van der Waals surface area contributed by atoms with Crippen molar-refractivity contribution in [1.82, 2.24) is 4.90 Å². The monoisotopic (exact) mass is 377 g/mol. The summed E-state index contributed by atoms with van der Waals surface area (Å²) < 4.78 is 13.0. The maximum absolute atomic E-state index is 6.48. The molecule has 0 spiro atoms. The molecule has 0 N–H and O–H groups in total. The third-order valence-electron chi connectivity index (χ3n) is 5.76. The van der Waals surface area contributed by atoms with Gasteiger partial charge in [0.15, 0.2) is 0 Å². The van der Waals surface area contributed by atoms with Crippen molar-refractivity contribution >= 4 is 12.7 Å². The highest BCUT2D eigenvalue weighted by Gasteiger charge is 2.52. The van der Waals surface area contributed by atoms with E-state index in [4.69, 9.17) is 9.31 Å². The first kappa shape index (κ1) is 20.8. The molecule has 1 aliphatic rings. The highest BCUT2D eigenvalue weighted by Crippen LogP contribution is 2.40. The minimum absolute atomic E-state index is 0.361. The van der Waals surface area contributed by atoms with E-state index in [1.54, 1.807) is 0 Å². The summed E-state index contributed by atoms with van der Waals surface area (Å²) >= 11 is 0. The van der Waals surface area contributed by atoms with E-state index >= 15 is 0 Å². The number of rotatable bonds is 6. The van der Waals surface area contributed by atoms with Crippen molar-refractivity contribution in [2.24, 2.45) is 0 Å². The summed E-state index contributed by atoms with van der Waals surface area (Å²) in [6, 6.07) is 21.2. The summed E-state index contributed by atoms with van der Waals surface area (Å²) in [4.78, 5) is 2.21. The molecule has 2 aromatic rings. The Labute approximate surface area is 170 Å². The second-order valence-corrected chi connectivity index (χ2v) is 8.86. The van der Waals surface area contributed by atoms with Crippen LogP contribution in [0.25, 0.3) is 5.57 Å². The summed E-state index contributed by atoms with van der Waals surface area (Å²) in [6.45, 7) is 9.28. The molecule has 0 amide bonds. The van der Waals surface area contributed by atoms with Crippen LogP contribution in [-0.4, -0.2) is 43.9 Å². The number of hydrogen-bond donors (Lipinski definition) is 0. The second kappa shape index (κ2) is 8.24. The Morgan fingerprint density at radius 3 is 1.82 bits per heavy atom. The van der Waals surface area contributed by atoms with E-state index in [2.05, 4.69) is 107 Å². The average Bonchev–Trinajstić information content (AvgIpc) is 2.87. The maximum Gasteiger partial charge on any atom is 0.491 e. The predicted molar refractivity (Wildman–Crippen MR) is 118 cm³/mol. The molecule has 148 valence electrons. The third kappa shape index (κ3) is 4.57. The van der Waals surface area contributed by atoms with Crippen LogP contribution in [0.1, 0.15) is 38.8 Å². The molecule has 0 bridgehead atoms. The van der Waals surface area contributed by atoms with E-state index < -0.39 is 0 Å². The molecule has 4 heteroatoms. The fourth-order valence-corrected chi connectivity index (χ4v) is 3.47. The summed E-state index contributed by atoms with van der Waals surface area (Å²) in [7, 11) is 3.85. The largest absolute Gasteiger partial charge is 0.491 e. The Morgan fingerprint density at radius 2 is 1.32 bits per heavy atom. The van der Waals surface area contributed by atoms with Crippen LogP contribution in [-0.2, 0) is 15.7 Å². The molecule has 0 radical (unpaired) electrons. The van der Waals surface area contributed by atoms with Gasteiger partial charge in [-0.2, -0.15) is 0 Å². The first-order valence-electron chi connectivity index (χ1n) is 10.0. The lowest BCUT2D eigenvalue weighted by Crippen LogP contribution is -2.41. The Bertz CT molecular complexity index is 797. The SMILES string of the molecule is CN(C)C/C(=C(/Cc1ccccc1)B1OC(C)(C)C(C)(C)O1)c1ccccc1. The van der Waals surface area contributed by atoms with Crippen LogP contribution in [0.5, 0.6) is 0 Å². The minimum Gasteiger partial charge on any atom is -0.400 e. The zero-order valence-electron chi connectivity index (χ0n) is 18.0. The van der Waals surface area contributed by atoms with Crippen LogP contribution in [0.4, 0.5) is 0 Å². The Morgan fingerprint density at radius 1 is 0.821 bits per heavy atom. The molecule has 1 aliphatic heterocycles. The highest BCUT2D eigenvalue weighted by molar-refractivity contribution is 6.56. The smallest absolute Gasteiger partial charge is 0.400 e. The number of benzene rings is 2. The standard InChI is InChI=1S/C24H32BNO2/c1-23(2)24(3,4)28-25(27-23)22(17-19-13-9-7-10-14-19)21(18-26(5)6)20-15-11-8-12-16-20/h7-16H,17-18H2,1-6H3/b22-21+. The molecule has 28 heavy (non-hydrogen) atoms. The Hall–Kier alpha value is -1.88. The third-order valence-corrected chi connectivity index (χ3v) is 5.76. The van der Waals surface area contributed by atoms with Crippen molar-refractivity contribution in [3.8, 4) is 0 Å². The zero-order chi connectivity index (χ0) is 20.4. The molecule has 0 aromatic heterocycles. The van der Waals surface area contributed by atoms with Gasteiger partial charge < -0.3 is 14.2 Å². The van der Waals surface area contributed by atoms with Gasteiger partial charge in [0.05, 0.1) is 11.2 Å². The van der Waals surface area contributed by atoms with Gasteiger partial charge in [-0.1, -0.05) is 60.7 Å². The lowest BCUT2D eigenvalue weighted by molar-refractivity contribution is 0.00578. The summed E-state index contributed by atoms with van der Waals surface area (Å²) in [5, 5.41) is 0. The van der Waals surface area contributed by atoms with Gasteiger partial charge in [-0.15, -0.1) is 0 Å². The highest BCUT2D eigenvalue weighted by atomic mass is 16.7. The van der Waals surface area contributed by atoms with E-state index in [1.165, 1.54) is 22.2 Å². The number of likely N-dealkylation sites (N-methyl/N-ethyl adjacent to an activating group) is 1. The van der Waals surface area contributed by atoms with Crippen molar-refractivity contribution < 1.29 is 9.31 Å². The molecule has 3 nitrogen and oxygen atoms in total. The maximum atomic E-state index is 6.48. The van der Waals surface area contributed by atoms with Gasteiger partial charge in [0.25, 0.3) is 0 Å². The van der Waals surface area contributed by atoms with E-state index in [-0.39, 0.29) is 18.3 Å². The topological polar surface area (TPSA) is 21.7 Å². The van der Waals surface area contributed by atoms with Crippen molar-refractivity contribution in [3.05, 3.63) is 77.3 Å². The second-order valence-electron chi connectivity index (χ2n) is 8.86. The Kier molecular flexibility index (Phi) is 6.14. The lowest BCUT2D eigenvalue weighted by Gasteiger charge is -2.32. The summed E-state index contributed by atoms with van der Waals surface area (Å²) in [5.74, 6) is 0. The Balaban J connectivity index is 2.11. The molecular weight excluding hydrogens is 345 g/mol. The van der Waals surface area contributed by atoms with Crippen LogP contribution in [0, 0.1) is 0 Å². The van der Waals surface area contributed by atoms with Gasteiger partial charge in [0.1, 0.15) is 0 Å². The molecule has 0 unspecified atom stereocenters. The van der Waals surface area contributed by atoms with Crippen molar-refractivity contribution in [1.29, 1.82) is 0 Å². The minimum atomic E-state index is -0.362. The molecule has 0 saturated carbocycles. The first-order valence-corrected chi connectivity index (χ1v) is 10.0. The van der Waals surface area contributed by atoms with Gasteiger partial charge in [0.2, 0.25) is 0 Å². The number of hydrogen-bond acceptors (Lipinski definition) is 3. The molecule has 0 atom stereocenters. The van der Waals surface area contributed by atoms with Gasteiger partial charge in [-0.3, -0.25) is 0 Å². The van der Waals surface area contributed by atoms with Crippen molar-refractivity contribution in [3.63, 3.8) is 0 Å². The van der Waals surface area contributed by atoms with Crippen LogP contribution in [0.15, 0.2) is 66.1 Å². The number of nitrogens with zero attached hydrogens (tertiary/aromatic N) is 1. The fourth-order valence-electron chi connectivity index (χ4n) is 3.47. The molecule has 1 heterocycles. The molecular formula is C24H32BNO2. The molecule has 2 aromatic carbocycles. The van der Waals surface area contributed by atoms with E-state index in [0.29, 0.717) is 0 Å². The summed E-state index contributed by atoms with van der Waals surface area (Å²) in [6.07, 6.45) is 0.801. The quantitative estimate of drug-likeness (QED) is 0.670. The van der Waals surface area contributed by atoms with Gasteiger partial charge >= 0.3 is 7.12 Å². The van der Waals surface area contributed by atoms with Gasteiger partial charge in [0, 0.05) is 6.54 Å². The molecule has 3 rings (SSSR count). The van der Waals surface area contributed by atoms with Crippen LogP contribution < -0.4 is 0 Å². The average molecular weight is 377 g/mol. The molecule has 0 aliphatic carbocycles. The normalized spacial score (nSPS) is 19.0. The van der Waals surface area contributed by atoms with E-state index in [9.17, 15) is 0 Å². The summed E-state index contributed by atoms with van der Waals surface area (Å²) in [5.41, 5.74) is 4.23. The first-order chi connectivity index (χ1) is 13.2. The number of allylic oxidation sites excluding steroid dienone is 1. The van der Waals surface area contributed by atoms with Crippen molar-refractivity contribution in [2.45, 2.75) is 45.3 Å². The van der Waals surface area contributed by atoms with Crippen molar-refractivity contribution in [2.75, 3.05) is 20.6 Å². The molecule has 1 saturated heterocycles. The van der Waals surface area contributed by atoms with Crippen LogP contribution >= 0.6 is 0 Å². The predicted octanol–water partition coefficient (Wildman–Crippen LogP) is 4.88. The van der Waals surface area contributed by atoms with E-state index in [0.717, 1.165) is 13.0 Å². The molecule has 1 fully saturated rings.